The van der Waals surface area contributed by atoms with Crippen LogP contribution in [0.15, 0.2) is 17.1 Å². The molecule has 5 atom stereocenters. The van der Waals surface area contributed by atoms with Crippen LogP contribution in [-0.2, 0) is 36.6 Å². The summed E-state index contributed by atoms with van der Waals surface area (Å²) in [6, 6.07) is 2.52. The Kier molecular flexibility index (Phi) is 9.47. The van der Waals surface area contributed by atoms with Crippen molar-refractivity contribution >= 4 is 40.6 Å². The Balaban J connectivity index is 1.69. The van der Waals surface area contributed by atoms with Crippen LogP contribution in [0.2, 0.25) is 0 Å². The molecule has 0 radical (unpaired) electrons. The minimum atomic E-state index is -1.66. The zero-order valence-corrected chi connectivity index (χ0v) is 28.0. The van der Waals surface area contributed by atoms with Crippen LogP contribution in [0, 0.1) is 12.3 Å². The highest BCUT2D eigenvalue weighted by Crippen LogP contribution is 2.42. The Morgan fingerprint density at radius 2 is 1.57 bits per heavy atom. The molecule has 14 nitrogen and oxygen atoms in total. The molecule has 0 amide bonds. The molecule has 1 fully saturated rings. The van der Waals surface area contributed by atoms with Gasteiger partial charge in [-0.15, -0.1) is 0 Å². The molecule has 2 aromatic carbocycles. The van der Waals surface area contributed by atoms with Gasteiger partial charge in [0.15, 0.2) is 35.5 Å². The van der Waals surface area contributed by atoms with Gasteiger partial charge in [0.25, 0.3) is 0 Å². The van der Waals surface area contributed by atoms with Gasteiger partial charge in [-0.05, 0) is 37.5 Å². The Morgan fingerprint density at radius 3 is 2.18 bits per heavy atom. The normalized spacial score (nSPS) is 26.2. The van der Waals surface area contributed by atoms with Crippen LogP contribution in [0.1, 0.15) is 95.7 Å². The number of phenols is 2. The van der Waals surface area contributed by atoms with E-state index in [0.717, 1.165) is 13.2 Å². The molecule has 1 saturated heterocycles. The van der Waals surface area contributed by atoms with Crippen molar-refractivity contribution in [2.24, 2.45) is 10.4 Å². The summed E-state index contributed by atoms with van der Waals surface area (Å²) in [7, 11) is 3.70. The van der Waals surface area contributed by atoms with E-state index < -0.39 is 118 Å². The fourth-order valence-electron chi connectivity index (χ4n) is 6.69. The molecule has 0 saturated carbocycles. The van der Waals surface area contributed by atoms with Gasteiger partial charge in [-0.2, -0.15) is 0 Å². The molecule has 2 aromatic rings. The molecular weight excluding hydrogens is 642 g/mol. The number of aliphatic hydroxyl groups excluding tert-OH is 1. The van der Waals surface area contributed by atoms with Gasteiger partial charge in [-0.1, -0.05) is 19.9 Å². The number of rotatable bonds is 4. The van der Waals surface area contributed by atoms with E-state index in [9.17, 15) is 44.1 Å². The number of carbonyl (C=O) groups excluding carboxylic acids is 6. The highest BCUT2D eigenvalue weighted by atomic mass is 16.6. The third kappa shape index (κ3) is 5.78. The zero-order valence-electron chi connectivity index (χ0n) is 28.0. The van der Waals surface area contributed by atoms with E-state index in [1.807, 2.05) is 0 Å². The number of carbonyl (C=O) groups is 6. The summed E-state index contributed by atoms with van der Waals surface area (Å²) in [5, 5.41) is 34.1. The summed E-state index contributed by atoms with van der Waals surface area (Å²) in [6.07, 6.45) is -7.22. The molecule has 0 bridgehead atoms. The second-order valence-corrected chi connectivity index (χ2v) is 12.9. The number of esters is 1. The van der Waals surface area contributed by atoms with Crippen LogP contribution in [0.3, 0.4) is 0 Å². The van der Waals surface area contributed by atoms with E-state index in [1.165, 1.54) is 41.1 Å². The van der Waals surface area contributed by atoms with Crippen molar-refractivity contribution in [3.05, 3.63) is 56.6 Å². The molecule has 0 spiro atoms. The van der Waals surface area contributed by atoms with Gasteiger partial charge in [-0.25, -0.2) is 4.79 Å². The lowest BCUT2D eigenvalue weighted by atomic mass is 9.72. The Hall–Kier alpha value is -4.63. The molecule has 5 unspecified atom stereocenters. The third-order valence-corrected chi connectivity index (χ3v) is 9.59. The summed E-state index contributed by atoms with van der Waals surface area (Å²) in [5.74, 6) is -6.20. The first-order valence-electron chi connectivity index (χ1n) is 15.5. The van der Waals surface area contributed by atoms with Gasteiger partial charge in [-0.3, -0.25) is 29.0 Å². The number of Topliss-reactive ketones (excluding diaryl/α,β-unsaturated/α-hetero) is 5. The molecule has 0 aromatic heterocycles. The largest absolute Gasteiger partial charge is 0.507 e. The molecule has 3 N–H and O–H groups in total. The number of nitrogens with zero attached hydrogens (tertiary/aromatic N) is 1. The van der Waals surface area contributed by atoms with Crippen molar-refractivity contribution in [2.45, 2.75) is 77.6 Å². The van der Waals surface area contributed by atoms with Gasteiger partial charge < -0.3 is 34.3 Å². The van der Waals surface area contributed by atoms with Crippen molar-refractivity contribution in [1.82, 2.24) is 0 Å². The third-order valence-electron chi connectivity index (χ3n) is 9.59. The SMILES string of the molecule is COC(=O)c1c(C)cc2c(c1O)CC(=O)c1cc3c(c(O)c1C(=O)C(C)(C)C(O)C2)C(=O)CC(=NC1OC(C)C(OC)C(=O)C1OC)C3=O. The molecule has 5 rings (SSSR count). The molecule has 1 heterocycles. The average molecular weight is 680 g/mol. The van der Waals surface area contributed by atoms with Gasteiger partial charge >= 0.3 is 5.97 Å². The zero-order chi connectivity index (χ0) is 36.3. The minimum absolute atomic E-state index is 0.0266. The topological polar surface area (TPSA) is 212 Å². The van der Waals surface area contributed by atoms with Gasteiger partial charge in [0.2, 0.25) is 5.78 Å². The van der Waals surface area contributed by atoms with Crippen molar-refractivity contribution in [3.8, 4) is 11.5 Å². The number of hydrogen-bond acceptors (Lipinski definition) is 14. The average Bonchev–Trinajstić information content (AvgIpc) is 3.03. The van der Waals surface area contributed by atoms with Crippen molar-refractivity contribution in [2.75, 3.05) is 21.3 Å². The standard InChI is InChI=1S/C35H37NO13/c1-13-8-15-9-22(39)35(3,4)32(44)25-17(20(37)11-16(15)27(41)23(13)34(45)48-7)10-18-24(28(25)42)21(38)12-19(26(18)40)36-33-31(47-6)29(43)30(46-5)14(2)49-33/h8,10,14,22,30-31,33,39,41-42H,9,11-12H2,1-7H3. The second-order valence-electron chi connectivity index (χ2n) is 12.9. The van der Waals surface area contributed by atoms with E-state index in [4.69, 9.17) is 18.9 Å². The Morgan fingerprint density at radius 1 is 0.918 bits per heavy atom. The van der Waals surface area contributed by atoms with Crippen molar-refractivity contribution in [1.29, 1.82) is 0 Å². The highest BCUT2D eigenvalue weighted by molar-refractivity contribution is 6.53. The van der Waals surface area contributed by atoms with E-state index in [1.54, 1.807) is 6.92 Å². The first-order chi connectivity index (χ1) is 23.0. The Bertz CT molecular complexity index is 1860. The van der Waals surface area contributed by atoms with Crippen LogP contribution in [0.4, 0.5) is 0 Å². The fourth-order valence-corrected chi connectivity index (χ4v) is 6.69. The van der Waals surface area contributed by atoms with Crippen LogP contribution in [0.25, 0.3) is 0 Å². The maximum absolute atomic E-state index is 14.1. The number of aryl methyl sites for hydroxylation is 1. The van der Waals surface area contributed by atoms with E-state index in [-0.39, 0.29) is 28.8 Å². The van der Waals surface area contributed by atoms with Crippen molar-refractivity contribution < 1.29 is 63.0 Å². The van der Waals surface area contributed by atoms with Crippen LogP contribution < -0.4 is 0 Å². The van der Waals surface area contributed by atoms with Crippen molar-refractivity contribution in [3.63, 3.8) is 0 Å². The number of aromatic hydroxyl groups is 2. The fraction of sp³-hybridized carbons (Fsp3) is 0.457. The molecular formula is C35H37NO13. The number of methoxy groups -OCH3 is 3. The first kappa shape index (κ1) is 35.7. The lowest BCUT2D eigenvalue weighted by Gasteiger charge is -2.36. The molecule has 3 aliphatic rings. The predicted molar refractivity (Wildman–Crippen MR) is 170 cm³/mol. The van der Waals surface area contributed by atoms with Gasteiger partial charge in [0.1, 0.15) is 23.2 Å². The summed E-state index contributed by atoms with van der Waals surface area (Å²) >= 11 is 0. The molecule has 49 heavy (non-hydrogen) atoms. The summed E-state index contributed by atoms with van der Waals surface area (Å²) < 4.78 is 21.1. The highest BCUT2D eigenvalue weighted by Gasteiger charge is 2.47. The summed E-state index contributed by atoms with van der Waals surface area (Å²) in [4.78, 5) is 85.4. The molecule has 260 valence electrons. The number of ketones is 5. The lowest BCUT2D eigenvalue weighted by molar-refractivity contribution is -0.185. The second kappa shape index (κ2) is 13.0. The Labute approximate surface area is 281 Å². The molecule has 14 heteroatoms. The number of aliphatic hydroxyl groups is 1. The number of benzene rings is 2. The van der Waals surface area contributed by atoms with Gasteiger partial charge in [0, 0.05) is 37.3 Å². The van der Waals surface area contributed by atoms with Crippen LogP contribution in [0.5, 0.6) is 11.5 Å². The van der Waals surface area contributed by atoms with E-state index >= 15 is 0 Å². The number of hydrogen-bond donors (Lipinski definition) is 3. The summed E-state index contributed by atoms with van der Waals surface area (Å²) in [5.41, 5.74) is -3.59. The monoisotopic (exact) mass is 679 g/mol. The van der Waals surface area contributed by atoms with Crippen LogP contribution >= 0.6 is 0 Å². The van der Waals surface area contributed by atoms with E-state index in [0.29, 0.717) is 5.56 Å². The quantitative estimate of drug-likeness (QED) is 0.396. The lowest BCUT2D eigenvalue weighted by Crippen LogP contribution is -2.55. The van der Waals surface area contributed by atoms with E-state index in [2.05, 4.69) is 4.99 Å². The summed E-state index contributed by atoms with van der Waals surface area (Å²) in [6.45, 7) is 5.90. The predicted octanol–water partition coefficient (Wildman–Crippen LogP) is 2.30. The van der Waals surface area contributed by atoms with Crippen LogP contribution in [-0.4, -0.2) is 108 Å². The number of ether oxygens (including phenoxy) is 4. The number of aliphatic imine (C=N–C) groups is 1. The minimum Gasteiger partial charge on any atom is -0.507 e. The number of fused-ring (bicyclic) bond motifs is 3. The molecule has 1 aliphatic heterocycles. The van der Waals surface area contributed by atoms with Gasteiger partial charge in [0.05, 0.1) is 48.0 Å². The molecule has 2 aliphatic carbocycles. The maximum atomic E-state index is 14.1. The first-order valence-corrected chi connectivity index (χ1v) is 15.5. The smallest absolute Gasteiger partial charge is 0.341 e. The maximum Gasteiger partial charge on any atom is 0.341 e. The number of phenolic OH excluding ortho intramolecular Hbond substituents is 2.